The molecule has 0 amide bonds. The van der Waals surface area contributed by atoms with Crippen molar-refractivity contribution < 1.29 is 0 Å². The van der Waals surface area contributed by atoms with E-state index in [0.29, 0.717) is 4.99 Å². The Morgan fingerprint density at radius 3 is 2.50 bits per heavy atom. The Kier molecular flexibility index (Phi) is 6.47. The van der Waals surface area contributed by atoms with Crippen LogP contribution in [0.25, 0.3) is 0 Å². The number of thioether (sulfide) groups is 2. The van der Waals surface area contributed by atoms with Crippen molar-refractivity contribution in [3.05, 3.63) is 0 Å². The first-order valence-corrected chi connectivity index (χ1v) is 8.58. The predicted molar refractivity (Wildman–Crippen MR) is 81.7 cm³/mol. The maximum Gasteiger partial charge on any atom is 0.0891 e. The highest BCUT2D eigenvalue weighted by Gasteiger charge is 2.36. The normalized spacial score (nSPS) is 20.9. The maximum atomic E-state index is 5.87. The molecule has 0 radical (unpaired) electrons. The highest BCUT2D eigenvalue weighted by Crippen LogP contribution is 2.34. The van der Waals surface area contributed by atoms with E-state index in [4.69, 9.17) is 18.0 Å². The van der Waals surface area contributed by atoms with Gasteiger partial charge in [-0.2, -0.15) is 23.5 Å². The van der Waals surface area contributed by atoms with Crippen molar-refractivity contribution in [2.75, 3.05) is 37.4 Å². The van der Waals surface area contributed by atoms with E-state index < -0.39 is 0 Å². The van der Waals surface area contributed by atoms with E-state index in [1.165, 1.54) is 18.1 Å². The standard InChI is InChI=1S/C11H22N2S3/c1-3-16-9-8-13-6-4-11(15-2,5-7-13)10(12)14/h3-9H2,1-2H3,(H2,12,14). The molecule has 1 saturated heterocycles. The van der Waals surface area contributed by atoms with Gasteiger partial charge >= 0.3 is 0 Å². The minimum Gasteiger partial charge on any atom is -0.392 e. The molecule has 1 heterocycles. The van der Waals surface area contributed by atoms with Gasteiger partial charge in [0.15, 0.2) is 0 Å². The number of rotatable bonds is 6. The number of nitrogens with two attached hydrogens (primary N) is 1. The second-order valence-corrected chi connectivity index (χ2v) is 7.12. The molecule has 0 atom stereocenters. The van der Waals surface area contributed by atoms with Crippen LogP contribution in [0.15, 0.2) is 0 Å². The number of hydrogen-bond donors (Lipinski definition) is 1. The molecule has 0 unspecified atom stereocenters. The molecule has 1 rings (SSSR count). The zero-order chi connectivity index (χ0) is 12.0. The third-order valence-corrected chi connectivity index (χ3v) is 6.07. The second-order valence-electron chi connectivity index (χ2n) is 4.10. The molecule has 0 spiro atoms. The zero-order valence-corrected chi connectivity index (χ0v) is 12.6. The van der Waals surface area contributed by atoms with Crippen LogP contribution in [0.3, 0.4) is 0 Å². The molecule has 94 valence electrons. The Morgan fingerprint density at radius 2 is 2.06 bits per heavy atom. The Bertz CT molecular complexity index is 225. The van der Waals surface area contributed by atoms with Crippen LogP contribution in [-0.2, 0) is 0 Å². The number of likely N-dealkylation sites (tertiary alicyclic amines) is 1. The van der Waals surface area contributed by atoms with E-state index in [9.17, 15) is 0 Å². The highest BCUT2D eigenvalue weighted by molar-refractivity contribution is 8.02. The minimum atomic E-state index is 0.0731. The molecule has 0 aliphatic carbocycles. The number of thiocarbonyl (C=S) groups is 1. The number of nitrogens with zero attached hydrogens (tertiary/aromatic N) is 1. The van der Waals surface area contributed by atoms with Gasteiger partial charge in [0, 0.05) is 12.3 Å². The lowest BCUT2D eigenvalue weighted by Crippen LogP contribution is -2.49. The molecule has 5 heteroatoms. The monoisotopic (exact) mass is 278 g/mol. The topological polar surface area (TPSA) is 29.3 Å². The smallest absolute Gasteiger partial charge is 0.0891 e. The van der Waals surface area contributed by atoms with E-state index in [0.717, 1.165) is 25.9 Å². The van der Waals surface area contributed by atoms with Crippen LogP contribution in [0, 0.1) is 0 Å². The summed E-state index contributed by atoms with van der Waals surface area (Å²) in [5.74, 6) is 2.46. The first kappa shape index (κ1) is 14.6. The van der Waals surface area contributed by atoms with Gasteiger partial charge in [0.05, 0.1) is 9.74 Å². The van der Waals surface area contributed by atoms with Gasteiger partial charge in [-0.15, -0.1) is 0 Å². The number of piperidine rings is 1. The minimum absolute atomic E-state index is 0.0731. The van der Waals surface area contributed by atoms with Crippen molar-refractivity contribution in [1.29, 1.82) is 0 Å². The fourth-order valence-electron chi connectivity index (χ4n) is 2.03. The van der Waals surface area contributed by atoms with Crippen LogP contribution >= 0.6 is 35.7 Å². The van der Waals surface area contributed by atoms with Crippen LogP contribution < -0.4 is 5.73 Å². The van der Waals surface area contributed by atoms with Crippen LogP contribution in [0.1, 0.15) is 19.8 Å². The van der Waals surface area contributed by atoms with Crippen molar-refractivity contribution in [3.63, 3.8) is 0 Å². The van der Waals surface area contributed by atoms with Crippen molar-refractivity contribution in [2.45, 2.75) is 24.5 Å². The lowest BCUT2D eigenvalue weighted by Gasteiger charge is -2.40. The van der Waals surface area contributed by atoms with Gasteiger partial charge in [-0.05, 0) is 37.9 Å². The molecular weight excluding hydrogens is 256 g/mol. The van der Waals surface area contributed by atoms with Crippen molar-refractivity contribution in [1.82, 2.24) is 4.90 Å². The molecule has 1 aliphatic heterocycles. The van der Waals surface area contributed by atoms with E-state index in [1.54, 1.807) is 0 Å². The summed E-state index contributed by atoms with van der Waals surface area (Å²) in [5, 5.41) is 0. The predicted octanol–water partition coefficient (Wildman–Crippen LogP) is 2.22. The summed E-state index contributed by atoms with van der Waals surface area (Å²) in [4.78, 5) is 3.23. The molecule has 2 nitrogen and oxygen atoms in total. The van der Waals surface area contributed by atoms with Crippen LogP contribution in [-0.4, -0.2) is 52.0 Å². The summed E-state index contributed by atoms with van der Waals surface area (Å²) in [6, 6.07) is 0. The van der Waals surface area contributed by atoms with Gasteiger partial charge in [0.25, 0.3) is 0 Å². The zero-order valence-electron chi connectivity index (χ0n) is 10.2. The van der Waals surface area contributed by atoms with Gasteiger partial charge in [0.1, 0.15) is 0 Å². The lowest BCUT2D eigenvalue weighted by atomic mass is 9.95. The second kappa shape index (κ2) is 7.09. The Morgan fingerprint density at radius 1 is 1.44 bits per heavy atom. The summed E-state index contributed by atoms with van der Waals surface area (Å²) < 4.78 is 0.0731. The summed E-state index contributed by atoms with van der Waals surface area (Å²) in [6.45, 7) is 5.71. The van der Waals surface area contributed by atoms with Crippen molar-refractivity contribution in [2.24, 2.45) is 5.73 Å². The summed E-state index contributed by atoms with van der Waals surface area (Å²) >= 11 is 9.06. The molecule has 0 aromatic heterocycles. The molecule has 0 bridgehead atoms. The molecule has 0 saturated carbocycles. The molecule has 1 fully saturated rings. The SMILES string of the molecule is CCSCCN1CCC(SC)(C(N)=S)CC1. The largest absolute Gasteiger partial charge is 0.392 e. The van der Waals surface area contributed by atoms with Crippen LogP contribution in [0.2, 0.25) is 0 Å². The molecule has 16 heavy (non-hydrogen) atoms. The van der Waals surface area contributed by atoms with Gasteiger partial charge in [-0.25, -0.2) is 0 Å². The average Bonchev–Trinajstić information content (AvgIpc) is 2.30. The van der Waals surface area contributed by atoms with Gasteiger partial charge in [-0.3, -0.25) is 0 Å². The summed E-state index contributed by atoms with van der Waals surface area (Å²) in [6.07, 6.45) is 4.35. The third kappa shape index (κ3) is 3.79. The maximum absolute atomic E-state index is 5.87. The first-order chi connectivity index (χ1) is 7.64. The Hall–Kier alpha value is 0.550. The van der Waals surface area contributed by atoms with Crippen LogP contribution in [0.4, 0.5) is 0 Å². The van der Waals surface area contributed by atoms with Crippen molar-refractivity contribution in [3.8, 4) is 0 Å². The average molecular weight is 279 g/mol. The molecule has 1 aliphatic rings. The number of hydrogen-bond acceptors (Lipinski definition) is 4. The molecule has 2 N–H and O–H groups in total. The van der Waals surface area contributed by atoms with Gasteiger partial charge in [-0.1, -0.05) is 19.1 Å². The summed E-state index contributed by atoms with van der Waals surface area (Å²) in [5.41, 5.74) is 5.87. The Balaban J connectivity index is 2.35. The molecular formula is C11H22N2S3. The molecule has 0 aromatic rings. The third-order valence-electron chi connectivity index (χ3n) is 3.26. The van der Waals surface area contributed by atoms with Gasteiger partial charge < -0.3 is 10.6 Å². The summed E-state index contributed by atoms with van der Waals surface area (Å²) in [7, 11) is 0. The van der Waals surface area contributed by atoms with E-state index in [1.807, 2.05) is 23.5 Å². The quantitative estimate of drug-likeness (QED) is 0.594. The van der Waals surface area contributed by atoms with E-state index in [-0.39, 0.29) is 4.75 Å². The van der Waals surface area contributed by atoms with E-state index in [2.05, 4.69) is 18.1 Å². The van der Waals surface area contributed by atoms with E-state index >= 15 is 0 Å². The van der Waals surface area contributed by atoms with Crippen molar-refractivity contribution >= 4 is 40.7 Å². The van der Waals surface area contributed by atoms with Gasteiger partial charge in [0.2, 0.25) is 0 Å². The first-order valence-electron chi connectivity index (χ1n) is 5.80. The van der Waals surface area contributed by atoms with Crippen LogP contribution in [0.5, 0.6) is 0 Å². The fraction of sp³-hybridized carbons (Fsp3) is 0.909. The molecule has 0 aromatic carbocycles. The lowest BCUT2D eigenvalue weighted by molar-refractivity contribution is 0.233. The fourth-order valence-corrected chi connectivity index (χ4v) is 3.95. The Labute approximate surface area is 113 Å². The highest BCUT2D eigenvalue weighted by atomic mass is 32.2.